The van der Waals surface area contributed by atoms with Crippen molar-refractivity contribution in [2.45, 2.75) is 12.0 Å². The summed E-state index contributed by atoms with van der Waals surface area (Å²) >= 11 is 0. The summed E-state index contributed by atoms with van der Waals surface area (Å²) in [6.45, 7) is 0. The van der Waals surface area contributed by atoms with E-state index in [0.29, 0.717) is 6.29 Å². The first-order valence-corrected chi connectivity index (χ1v) is 6.46. The number of aldehydes is 1. The highest BCUT2D eigenvalue weighted by Crippen LogP contribution is 2.34. The number of nitrogens with zero attached hydrogens (tertiary/aromatic N) is 2. The molecule has 23 heavy (non-hydrogen) atoms. The Balaban J connectivity index is 2.50. The van der Waals surface area contributed by atoms with Gasteiger partial charge in [-0.05, 0) is 18.2 Å². The van der Waals surface area contributed by atoms with Crippen LogP contribution in [0, 0.1) is 0 Å². The summed E-state index contributed by atoms with van der Waals surface area (Å²) in [7, 11) is 0. The zero-order valence-electron chi connectivity index (χ0n) is 11.7. The molecule has 0 heterocycles. The molecule has 118 valence electrons. The molecule has 3 N–H and O–H groups in total. The molecule has 8 heteroatoms. The van der Waals surface area contributed by atoms with Crippen LogP contribution in [-0.4, -0.2) is 39.1 Å². The number of carbonyl (C=O) groups is 3. The van der Waals surface area contributed by atoms with Gasteiger partial charge in [0.25, 0.3) is 0 Å². The van der Waals surface area contributed by atoms with Crippen molar-refractivity contribution in [3.63, 3.8) is 0 Å². The molecule has 0 bridgehead atoms. The van der Waals surface area contributed by atoms with Gasteiger partial charge in [0, 0.05) is 12.0 Å². The summed E-state index contributed by atoms with van der Waals surface area (Å²) in [6.07, 6.45) is 6.53. The number of allylic oxidation sites excluding steroid dienone is 2. The molecule has 1 aromatic rings. The van der Waals surface area contributed by atoms with Crippen LogP contribution in [0.5, 0.6) is 5.75 Å². The quantitative estimate of drug-likeness (QED) is 0.563. The molecule has 0 aliphatic heterocycles. The highest BCUT2D eigenvalue weighted by Gasteiger charge is 2.36. The lowest BCUT2D eigenvalue weighted by molar-refractivity contribution is -0.141. The molecule has 0 saturated heterocycles. The molecule has 0 aromatic heterocycles. The van der Waals surface area contributed by atoms with Gasteiger partial charge in [0.1, 0.15) is 17.5 Å². The van der Waals surface area contributed by atoms with E-state index in [-0.39, 0.29) is 17.7 Å². The number of carbonyl (C=O) groups excluding carboxylic acids is 1. The largest absolute Gasteiger partial charge is 0.505 e. The van der Waals surface area contributed by atoms with Crippen molar-refractivity contribution in [3.05, 3.63) is 47.6 Å². The maximum Gasteiger partial charge on any atom is 0.339 e. The summed E-state index contributed by atoms with van der Waals surface area (Å²) in [5.74, 6) is -3.38. The molecular weight excluding hydrogens is 304 g/mol. The van der Waals surface area contributed by atoms with Crippen molar-refractivity contribution < 1.29 is 29.7 Å². The number of azo groups is 1. The van der Waals surface area contributed by atoms with Crippen molar-refractivity contribution in [2.24, 2.45) is 10.2 Å². The number of aromatic carboxylic acids is 1. The number of aliphatic carboxylic acids is 1. The molecule has 1 aliphatic rings. The Kier molecular flexibility index (Phi) is 4.35. The molecular formula is C15H12N2O6. The fraction of sp³-hybridized carbons (Fsp3) is 0.133. The summed E-state index contributed by atoms with van der Waals surface area (Å²) in [5, 5.41) is 35.6. The second-order valence-corrected chi connectivity index (χ2v) is 4.78. The first-order valence-electron chi connectivity index (χ1n) is 6.46. The number of hydrogen-bond acceptors (Lipinski definition) is 6. The van der Waals surface area contributed by atoms with Crippen LogP contribution in [0.4, 0.5) is 5.69 Å². The second kappa shape index (κ2) is 6.22. The lowest BCUT2D eigenvalue weighted by Gasteiger charge is -2.20. The summed E-state index contributed by atoms with van der Waals surface area (Å²) in [5.41, 5.74) is -2.48. The van der Waals surface area contributed by atoms with Gasteiger partial charge in [0.2, 0.25) is 0 Å². The average molecular weight is 316 g/mol. The lowest BCUT2D eigenvalue weighted by Crippen LogP contribution is -2.34. The van der Waals surface area contributed by atoms with E-state index in [1.807, 2.05) is 0 Å². The Bertz CT molecular complexity index is 765. The van der Waals surface area contributed by atoms with E-state index in [1.165, 1.54) is 12.2 Å². The van der Waals surface area contributed by atoms with Gasteiger partial charge < -0.3 is 15.3 Å². The van der Waals surface area contributed by atoms with E-state index in [4.69, 9.17) is 5.11 Å². The zero-order valence-corrected chi connectivity index (χ0v) is 11.7. The van der Waals surface area contributed by atoms with E-state index in [0.717, 1.165) is 12.1 Å². The van der Waals surface area contributed by atoms with Crippen LogP contribution in [0.25, 0.3) is 0 Å². The van der Waals surface area contributed by atoms with Gasteiger partial charge in [0.05, 0.1) is 0 Å². The topological polar surface area (TPSA) is 137 Å². The number of carboxylic acid groups (broad SMARTS) is 2. The molecule has 0 radical (unpaired) electrons. The third kappa shape index (κ3) is 3.15. The third-order valence-corrected chi connectivity index (χ3v) is 3.23. The van der Waals surface area contributed by atoms with E-state index >= 15 is 0 Å². The smallest absolute Gasteiger partial charge is 0.339 e. The Morgan fingerprint density at radius 1 is 1.22 bits per heavy atom. The SMILES string of the molecule is O=Cc1cc(N=NC2(C(=O)O)C=CC=CC2)c(O)c(C(=O)O)c1. The molecule has 0 saturated carbocycles. The number of carboxylic acids is 2. The maximum atomic E-state index is 11.4. The van der Waals surface area contributed by atoms with Crippen molar-refractivity contribution in [2.75, 3.05) is 0 Å². The molecule has 0 amide bonds. The molecule has 2 rings (SSSR count). The van der Waals surface area contributed by atoms with Crippen LogP contribution in [0.3, 0.4) is 0 Å². The van der Waals surface area contributed by atoms with Crippen LogP contribution in [0.2, 0.25) is 0 Å². The molecule has 1 atom stereocenters. The minimum atomic E-state index is -1.64. The molecule has 8 nitrogen and oxygen atoms in total. The van der Waals surface area contributed by atoms with Crippen LogP contribution in [0.1, 0.15) is 27.1 Å². The zero-order chi connectivity index (χ0) is 17.0. The van der Waals surface area contributed by atoms with E-state index in [1.54, 1.807) is 12.2 Å². The van der Waals surface area contributed by atoms with Gasteiger partial charge in [-0.15, -0.1) is 0 Å². The van der Waals surface area contributed by atoms with Crippen molar-refractivity contribution in [1.82, 2.24) is 0 Å². The Morgan fingerprint density at radius 2 is 1.96 bits per heavy atom. The monoisotopic (exact) mass is 316 g/mol. The van der Waals surface area contributed by atoms with Crippen LogP contribution in [-0.2, 0) is 4.79 Å². The number of rotatable bonds is 5. The fourth-order valence-corrected chi connectivity index (χ4v) is 1.98. The van der Waals surface area contributed by atoms with E-state index in [9.17, 15) is 24.6 Å². The first-order chi connectivity index (χ1) is 10.9. The van der Waals surface area contributed by atoms with Gasteiger partial charge in [-0.2, -0.15) is 10.2 Å². The Labute approximate surface area is 130 Å². The number of aromatic hydroxyl groups is 1. The van der Waals surface area contributed by atoms with Crippen molar-refractivity contribution in [3.8, 4) is 5.75 Å². The van der Waals surface area contributed by atoms with Crippen LogP contribution in [0.15, 0.2) is 46.7 Å². The van der Waals surface area contributed by atoms with Crippen LogP contribution >= 0.6 is 0 Å². The number of phenols is 1. The van der Waals surface area contributed by atoms with Crippen molar-refractivity contribution in [1.29, 1.82) is 0 Å². The normalized spacial score (nSPS) is 19.8. The second-order valence-electron chi connectivity index (χ2n) is 4.78. The highest BCUT2D eigenvalue weighted by molar-refractivity contribution is 5.95. The van der Waals surface area contributed by atoms with Gasteiger partial charge in [-0.25, -0.2) is 9.59 Å². The number of benzene rings is 1. The first kappa shape index (κ1) is 16.1. The van der Waals surface area contributed by atoms with E-state index < -0.39 is 28.8 Å². The van der Waals surface area contributed by atoms with Gasteiger partial charge in [-0.1, -0.05) is 18.2 Å². The van der Waals surface area contributed by atoms with Gasteiger partial charge in [-0.3, -0.25) is 4.79 Å². The maximum absolute atomic E-state index is 11.4. The summed E-state index contributed by atoms with van der Waals surface area (Å²) in [4.78, 5) is 33.3. The van der Waals surface area contributed by atoms with Crippen molar-refractivity contribution >= 4 is 23.9 Å². The van der Waals surface area contributed by atoms with Gasteiger partial charge in [0.15, 0.2) is 11.3 Å². The summed E-state index contributed by atoms with van der Waals surface area (Å²) in [6, 6.07) is 2.11. The molecule has 0 spiro atoms. The third-order valence-electron chi connectivity index (χ3n) is 3.23. The predicted molar refractivity (Wildman–Crippen MR) is 78.2 cm³/mol. The molecule has 1 unspecified atom stereocenters. The lowest BCUT2D eigenvalue weighted by atomic mass is 9.93. The Morgan fingerprint density at radius 3 is 2.48 bits per heavy atom. The molecule has 1 aromatic carbocycles. The minimum absolute atomic E-state index is 0.0300. The van der Waals surface area contributed by atoms with E-state index in [2.05, 4.69) is 10.2 Å². The average Bonchev–Trinajstić information content (AvgIpc) is 2.54. The standard InChI is InChI=1S/C15H12N2O6/c18-8-9-6-10(13(20)21)12(19)11(7-9)16-17-15(14(22)23)4-2-1-3-5-15/h1-4,6-8,19H,5H2,(H,20,21)(H,22,23). The molecule has 1 aliphatic carbocycles. The predicted octanol–water partition coefficient (Wildman–Crippen LogP) is 2.33. The summed E-state index contributed by atoms with van der Waals surface area (Å²) < 4.78 is 0. The van der Waals surface area contributed by atoms with Crippen LogP contribution < -0.4 is 0 Å². The highest BCUT2D eigenvalue weighted by atomic mass is 16.4. The fourth-order valence-electron chi connectivity index (χ4n) is 1.98. The molecule has 0 fully saturated rings. The Hall–Kier alpha value is -3.29. The van der Waals surface area contributed by atoms with Gasteiger partial charge >= 0.3 is 11.9 Å². The minimum Gasteiger partial charge on any atom is -0.505 e. The number of hydrogen-bond donors (Lipinski definition) is 3.